The summed E-state index contributed by atoms with van der Waals surface area (Å²) < 4.78 is 11.2. The van der Waals surface area contributed by atoms with Crippen LogP contribution in [0.15, 0.2) is 0 Å². The predicted molar refractivity (Wildman–Crippen MR) is 132 cm³/mol. The maximum absolute atomic E-state index is 12.7. The van der Waals surface area contributed by atoms with Crippen LogP contribution >= 0.6 is 0 Å². The number of rotatable bonds is 21. The van der Waals surface area contributed by atoms with Crippen LogP contribution in [0.5, 0.6) is 0 Å². The highest BCUT2D eigenvalue weighted by atomic mass is 16.6. The van der Waals surface area contributed by atoms with Gasteiger partial charge in [-0.15, -0.1) is 0 Å². The van der Waals surface area contributed by atoms with E-state index in [0.717, 1.165) is 25.7 Å². The number of carbonyl (C=O) groups is 3. The van der Waals surface area contributed by atoms with Crippen molar-refractivity contribution in [3.05, 3.63) is 0 Å². The molecule has 1 rings (SSSR count). The van der Waals surface area contributed by atoms with Gasteiger partial charge in [-0.25, -0.2) is 4.79 Å². The second kappa shape index (κ2) is 17.8. The molecule has 0 spiro atoms. The number of ether oxygens (including phenoxy) is 2. The maximum atomic E-state index is 12.7. The summed E-state index contributed by atoms with van der Waals surface area (Å²) in [5.41, 5.74) is 0. The summed E-state index contributed by atoms with van der Waals surface area (Å²) in [6.45, 7) is 8.25. The van der Waals surface area contributed by atoms with Gasteiger partial charge in [-0.1, -0.05) is 91.9 Å². The van der Waals surface area contributed by atoms with Crippen molar-refractivity contribution in [1.82, 2.24) is 5.32 Å². The summed E-state index contributed by atoms with van der Waals surface area (Å²) in [4.78, 5) is 35.3. The molecule has 6 heteroatoms. The fraction of sp³-hybridized carbons (Fsp3) is 0.889. The Morgan fingerprint density at radius 3 is 2.06 bits per heavy atom. The lowest BCUT2D eigenvalue weighted by atomic mass is 9.88. The Morgan fingerprint density at radius 2 is 1.58 bits per heavy atom. The van der Waals surface area contributed by atoms with Gasteiger partial charge in [0.2, 0.25) is 6.41 Å². The van der Waals surface area contributed by atoms with Gasteiger partial charge in [0, 0.05) is 6.42 Å². The minimum atomic E-state index is -0.631. The number of hydrogen-bond donors (Lipinski definition) is 1. The minimum absolute atomic E-state index is 0.0944. The number of cyclic esters (lactones) is 1. The maximum Gasteiger partial charge on any atom is 0.328 e. The van der Waals surface area contributed by atoms with E-state index in [4.69, 9.17) is 9.47 Å². The molecule has 1 aliphatic heterocycles. The highest BCUT2D eigenvalue weighted by Gasteiger charge is 2.42. The first kappa shape index (κ1) is 29.4. The summed E-state index contributed by atoms with van der Waals surface area (Å²) in [7, 11) is 0. The standard InChI is InChI=1S/C27H49NO5/c1-5-7-8-9-10-11-12-13-14-15-16-17-22(19-25-23(6-2)26(30)33-25)32-27(31)24(28-20-29)18-21(3)4/h20-25H,5-19H2,1-4H3,(H,28,29)/t22?,23-,24-,25-/m0/s1. The third-order valence-electron chi connectivity index (χ3n) is 6.63. The molecule has 1 amide bonds. The second-order valence-corrected chi connectivity index (χ2v) is 10.1. The van der Waals surface area contributed by atoms with Crippen LogP contribution in [0, 0.1) is 11.8 Å². The van der Waals surface area contributed by atoms with Gasteiger partial charge >= 0.3 is 11.9 Å². The molecule has 0 saturated carbocycles. The summed E-state index contributed by atoms with van der Waals surface area (Å²) in [6, 6.07) is -0.631. The van der Waals surface area contributed by atoms with Crippen molar-refractivity contribution < 1.29 is 23.9 Å². The zero-order chi connectivity index (χ0) is 24.5. The van der Waals surface area contributed by atoms with E-state index in [1.54, 1.807) is 0 Å². The molecule has 6 nitrogen and oxygen atoms in total. The lowest BCUT2D eigenvalue weighted by Crippen LogP contribution is -2.47. The van der Waals surface area contributed by atoms with Crippen molar-refractivity contribution in [2.75, 3.05) is 0 Å². The summed E-state index contributed by atoms with van der Waals surface area (Å²) >= 11 is 0. The molecule has 1 N–H and O–H groups in total. The van der Waals surface area contributed by atoms with Crippen molar-refractivity contribution in [3.8, 4) is 0 Å². The highest BCUT2D eigenvalue weighted by molar-refractivity contribution is 5.79. The normalized spacial score (nSPS) is 19.5. The minimum Gasteiger partial charge on any atom is -0.461 e. The molecule has 192 valence electrons. The summed E-state index contributed by atoms with van der Waals surface area (Å²) in [5, 5.41) is 2.60. The van der Waals surface area contributed by atoms with Crippen LogP contribution < -0.4 is 5.32 Å². The van der Waals surface area contributed by atoms with E-state index in [1.807, 2.05) is 20.8 Å². The molecule has 0 aromatic heterocycles. The molecule has 0 aliphatic carbocycles. The zero-order valence-corrected chi connectivity index (χ0v) is 21.6. The van der Waals surface area contributed by atoms with Gasteiger partial charge in [0.1, 0.15) is 18.2 Å². The van der Waals surface area contributed by atoms with Gasteiger partial charge in [0.05, 0.1) is 5.92 Å². The first-order chi connectivity index (χ1) is 15.9. The third kappa shape index (κ3) is 12.4. The van der Waals surface area contributed by atoms with E-state index in [9.17, 15) is 14.4 Å². The Hall–Kier alpha value is -1.59. The number of nitrogens with one attached hydrogen (secondary N) is 1. The number of amides is 1. The second-order valence-electron chi connectivity index (χ2n) is 10.1. The van der Waals surface area contributed by atoms with Crippen LogP contribution in [-0.2, 0) is 23.9 Å². The average Bonchev–Trinajstić information content (AvgIpc) is 2.76. The van der Waals surface area contributed by atoms with Gasteiger partial charge in [0.25, 0.3) is 0 Å². The van der Waals surface area contributed by atoms with Gasteiger partial charge in [0.15, 0.2) is 0 Å². The van der Waals surface area contributed by atoms with E-state index in [1.165, 1.54) is 57.8 Å². The third-order valence-corrected chi connectivity index (χ3v) is 6.63. The number of esters is 2. The molecule has 1 unspecified atom stereocenters. The van der Waals surface area contributed by atoms with Crippen LogP contribution in [0.2, 0.25) is 0 Å². The van der Waals surface area contributed by atoms with Gasteiger partial charge in [-0.2, -0.15) is 0 Å². The van der Waals surface area contributed by atoms with Crippen LogP contribution in [0.1, 0.15) is 124 Å². The Balaban J connectivity index is 2.42. The van der Waals surface area contributed by atoms with Crippen molar-refractivity contribution in [2.45, 2.75) is 142 Å². The molecule has 0 aromatic carbocycles. The first-order valence-electron chi connectivity index (χ1n) is 13.5. The molecular weight excluding hydrogens is 418 g/mol. The average molecular weight is 468 g/mol. The molecule has 1 saturated heterocycles. The molecular formula is C27H49NO5. The number of unbranched alkanes of at least 4 members (excludes halogenated alkanes) is 10. The van der Waals surface area contributed by atoms with Crippen LogP contribution in [0.3, 0.4) is 0 Å². The Bertz CT molecular complexity index is 551. The molecule has 0 radical (unpaired) electrons. The van der Waals surface area contributed by atoms with Crippen LogP contribution in [0.4, 0.5) is 0 Å². The van der Waals surface area contributed by atoms with E-state index in [-0.39, 0.29) is 36.0 Å². The first-order valence-corrected chi connectivity index (χ1v) is 13.5. The Morgan fingerprint density at radius 1 is 1.00 bits per heavy atom. The van der Waals surface area contributed by atoms with Crippen molar-refractivity contribution in [3.63, 3.8) is 0 Å². The summed E-state index contributed by atoms with van der Waals surface area (Å²) in [5.74, 6) is -0.370. The molecule has 1 aliphatic rings. The van der Waals surface area contributed by atoms with E-state index in [2.05, 4.69) is 12.2 Å². The van der Waals surface area contributed by atoms with Crippen molar-refractivity contribution in [1.29, 1.82) is 0 Å². The molecule has 4 atom stereocenters. The molecule has 0 bridgehead atoms. The zero-order valence-electron chi connectivity index (χ0n) is 21.6. The van der Waals surface area contributed by atoms with Gasteiger partial charge < -0.3 is 14.8 Å². The van der Waals surface area contributed by atoms with E-state index in [0.29, 0.717) is 19.3 Å². The fourth-order valence-corrected chi connectivity index (χ4v) is 4.59. The number of carbonyl (C=O) groups excluding carboxylic acids is 3. The molecule has 1 fully saturated rings. The topological polar surface area (TPSA) is 81.7 Å². The van der Waals surface area contributed by atoms with E-state index < -0.39 is 6.04 Å². The van der Waals surface area contributed by atoms with Gasteiger partial charge in [-0.3, -0.25) is 9.59 Å². The Labute approximate surface area is 201 Å². The quantitative estimate of drug-likeness (QED) is 0.125. The predicted octanol–water partition coefficient (Wildman–Crippen LogP) is 6.10. The monoisotopic (exact) mass is 467 g/mol. The fourth-order valence-electron chi connectivity index (χ4n) is 4.59. The molecule has 0 aromatic rings. The SMILES string of the molecule is CCCCCCCCCCCCCC(C[C@@H]1OC(=O)[C@H]1CC)OC(=O)[C@H](CC(C)C)NC=O. The largest absolute Gasteiger partial charge is 0.461 e. The highest BCUT2D eigenvalue weighted by Crippen LogP contribution is 2.31. The molecule has 33 heavy (non-hydrogen) atoms. The van der Waals surface area contributed by atoms with Gasteiger partial charge in [-0.05, 0) is 31.6 Å². The lowest BCUT2D eigenvalue weighted by Gasteiger charge is -2.36. The summed E-state index contributed by atoms with van der Waals surface area (Å²) in [6.07, 6.45) is 16.6. The lowest BCUT2D eigenvalue weighted by molar-refractivity contribution is -0.190. The molecule has 1 heterocycles. The Kier molecular flexibility index (Phi) is 15.9. The van der Waals surface area contributed by atoms with Crippen LogP contribution in [-0.4, -0.2) is 36.6 Å². The van der Waals surface area contributed by atoms with Crippen molar-refractivity contribution in [2.24, 2.45) is 11.8 Å². The van der Waals surface area contributed by atoms with Crippen LogP contribution in [0.25, 0.3) is 0 Å². The number of hydrogen-bond acceptors (Lipinski definition) is 5. The smallest absolute Gasteiger partial charge is 0.328 e. The van der Waals surface area contributed by atoms with E-state index >= 15 is 0 Å². The van der Waals surface area contributed by atoms with Crippen molar-refractivity contribution >= 4 is 18.3 Å².